The van der Waals surface area contributed by atoms with Crippen molar-refractivity contribution in [1.29, 1.82) is 0 Å². The van der Waals surface area contributed by atoms with Gasteiger partial charge >= 0.3 is 5.97 Å². The van der Waals surface area contributed by atoms with Gasteiger partial charge in [-0.2, -0.15) is 4.37 Å². The summed E-state index contributed by atoms with van der Waals surface area (Å²) in [4.78, 5) is 25.6. The number of rotatable bonds is 4. The van der Waals surface area contributed by atoms with E-state index in [1.165, 1.54) is 11.5 Å². The highest BCUT2D eigenvalue weighted by molar-refractivity contribution is 7.03. The van der Waals surface area contributed by atoms with Crippen molar-refractivity contribution < 1.29 is 14.3 Å². The van der Waals surface area contributed by atoms with Crippen molar-refractivity contribution >= 4 is 23.4 Å². The molecule has 0 radical (unpaired) electrons. The highest BCUT2D eigenvalue weighted by Crippen LogP contribution is 2.18. The Labute approximate surface area is 123 Å². The first-order valence-corrected chi connectivity index (χ1v) is 7.85. The van der Waals surface area contributed by atoms with E-state index >= 15 is 0 Å². The van der Waals surface area contributed by atoms with Gasteiger partial charge < -0.3 is 9.64 Å². The highest BCUT2D eigenvalue weighted by atomic mass is 32.1. The van der Waals surface area contributed by atoms with Crippen LogP contribution < -0.4 is 0 Å². The molecule has 0 bridgehead atoms. The summed E-state index contributed by atoms with van der Waals surface area (Å²) in [6.07, 6.45) is 2.82. The Balaban J connectivity index is 1.81. The Morgan fingerprint density at radius 1 is 1.45 bits per heavy atom. The average molecular weight is 296 g/mol. The van der Waals surface area contributed by atoms with Gasteiger partial charge in [-0.25, -0.2) is 4.79 Å². The van der Waals surface area contributed by atoms with Crippen molar-refractivity contribution in [2.24, 2.45) is 0 Å². The van der Waals surface area contributed by atoms with Crippen LogP contribution in [0.1, 0.15) is 48.7 Å². The van der Waals surface area contributed by atoms with Gasteiger partial charge in [0, 0.05) is 37.7 Å². The SMILES string of the molecule is CCCC(=O)N1CCC(OC(=O)c2csnc2C)CC1. The second kappa shape index (κ2) is 6.83. The Hall–Kier alpha value is -1.43. The van der Waals surface area contributed by atoms with Crippen molar-refractivity contribution in [3.05, 3.63) is 16.6 Å². The molecule has 0 atom stereocenters. The summed E-state index contributed by atoms with van der Waals surface area (Å²) < 4.78 is 9.57. The van der Waals surface area contributed by atoms with Crippen molar-refractivity contribution in [2.45, 2.75) is 45.6 Å². The minimum atomic E-state index is -0.297. The van der Waals surface area contributed by atoms with Gasteiger partial charge in [-0.15, -0.1) is 0 Å². The molecule has 20 heavy (non-hydrogen) atoms. The molecule has 6 heteroatoms. The Bertz CT molecular complexity index is 479. The maximum atomic E-state index is 12.0. The average Bonchev–Trinajstić information content (AvgIpc) is 2.86. The molecule has 0 spiro atoms. The lowest BCUT2D eigenvalue weighted by molar-refractivity contribution is -0.133. The van der Waals surface area contributed by atoms with E-state index in [0.29, 0.717) is 25.1 Å². The number of esters is 1. The van der Waals surface area contributed by atoms with E-state index in [4.69, 9.17) is 4.74 Å². The molecule has 1 aliphatic heterocycles. The second-order valence-corrected chi connectivity index (χ2v) is 5.68. The zero-order chi connectivity index (χ0) is 14.5. The molecule has 1 aromatic heterocycles. The van der Waals surface area contributed by atoms with Crippen molar-refractivity contribution in [2.75, 3.05) is 13.1 Å². The van der Waals surface area contributed by atoms with Crippen LogP contribution in [0, 0.1) is 6.92 Å². The number of ether oxygens (including phenoxy) is 1. The third-order valence-corrected chi connectivity index (χ3v) is 4.22. The third-order valence-electron chi connectivity index (χ3n) is 3.50. The largest absolute Gasteiger partial charge is 0.459 e. The van der Waals surface area contributed by atoms with Crippen molar-refractivity contribution in [3.63, 3.8) is 0 Å². The molecule has 110 valence electrons. The van der Waals surface area contributed by atoms with Gasteiger partial charge in [-0.1, -0.05) is 6.92 Å². The molecule has 5 nitrogen and oxygen atoms in total. The molecule has 2 heterocycles. The Kier molecular flexibility index (Phi) is 5.11. The Morgan fingerprint density at radius 2 is 2.15 bits per heavy atom. The number of amides is 1. The lowest BCUT2D eigenvalue weighted by Crippen LogP contribution is -2.41. The van der Waals surface area contributed by atoms with E-state index in [9.17, 15) is 9.59 Å². The van der Waals surface area contributed by atoms with Crippen LogP contribution in [0.25, 0.3) is 0 Å². The van der Waals surface area contributed by atoms with Crippen molar-refractivity contribution in [1.82, 2.24) is 9.27 Å². The summed E-state index contributed by atoms with van der Waals surface area (Å²) in [5, 5.41) is 1.72. The molecule has 1 aromatic rings. The predicted octanol–water partition coefficient (Wildman–Crippen LogP) is 2.40. The summed E-state index contributed by atoms with van der Waals surface area (Å²) in [6.45, 7) is 5.16. The van der Waals surface area contributed by atoms with Crippen LogP contribution in [0.3, 0.4) is 0 Å². The molecular weight excluding hydrogens is 276 g/mol. The monoisotopic (exact) mass is 296 g/mol. The van der Waals surface area contributed by atoms with Crippen LogP contribution in [0.4, 0.5) is 0 Å². The molecule has 0 N–H and O–H groups in total. The zero-order valence-corrected chi connectivity index (χ0v) is 12.7. The minimum absolute atomic E-state index is 0.0903. The molecule has 1 aliphatic rings. The van der Waals surface area contributed by atoms with Crippen LogP contribution in [0.15, 0.2) is 5.38 Å². The number of aryl methyl sites for hydroxylation is 1. The number of piperidine rings is 1. The van der Waals surface area contributed by atoms with E-state index < -0.39 is 0 Å². The van der Waals surface area contributed by atoms with Gasteiger partial charge in [-0.05, 0) is 24.9 Å². The molecule has 0 saturated carbocycles. The lowest BCUT2D eigenvalue weighted by atomic mass is 10.1. The normalized spacial score (nSPS) is 16.2. The van der Waals surface area contributed by atoms with E-state index in [-0.39, 0.29) is 18.0 Å². The molecule has 1 amide bonds. The Morgan fingerprint density at radius 3 is 2.70 bits per heavy atom. The lowest BCUT2D eigenvalue weighted by Gasteiger charge is -2.31. The summed E-state index contributed by atoms with van der Waals surface area (Å²) in [5.41, 5.74) is 1.27. The van der Waals surface area contributed by atoms with E-state index in [0.717, 1.165) is 25.0 Å². The summed E-state index contributed by atoms with van der Waals surface area (Å²) >= 11 is 1.26. The van der Waals surface area contributed by atoms with Gasteiger partial charge in [0.25, 0.3) is 0 Å². The smallest absolute Gasteiger partial charge is 0.341 e. The molecule has 0 aliphatic carbocycles. The third kappa shape index (κ3) is 3.56. The fourth-order valence-electron chi connectivity index (χ4n) is 2.30. The standard InChI is InChI=1S/C14H20N2O3S/c1-3-4-13(17)16-7-5-11(6-8-16)19-14(18)12-9-20-15-10(12)2/h9,11H,3-8H2,1-2H3. The molecule has 2 rings (SSSR count). The predicted molar refractivity (Wildman–Crippen MR) is 76.8 cm³/mol. The van der Waals surface area contributed by atoms with Gasteiger partial charge in [0.05, 0.1) is 11.3 Å². The highest BCUT2D eigenvalue weighted by Gasteiger charge is 2.25. The van der Waals surface area contributed by atoms with Crippen LogP contribution >= 0.6 is 11.5 Å². The molecular formula is C14H20N2O3S. The first-order chi connectivity index (χ1) is 9.61. The summed E-state index contributed by atoms with van der Waals surface area (Å²) in [7, 11) is 0. The molecule has 1 saturated heterocycles. The topological polar surface area (TPSA) is 59.5 Å². The number of hydrogen-bond donors (Lipinski definition) is 0. The number of hydrogen-bond acceptors (Lipinski definition) is 5. The summed E-state index contributed by atoms with van der Waals surface area (Å²) in [5.74, 6) is -0.0928. The van der Waals surface area contributed by atoms with Crippen LogP contribution in [-0.4, -0.2) is 40.3 Å². The van der Waals surface area contributed by atoms with Crippen LogP contribution in [-0.2, 0) is 9.53 Å². The van der Waals surface area contributed by atoms with Gasteiger partial charge in [-0.3, -0.25) is 4.79 Å². The maximum absolute atomic E-state index is 12.0. The first kappa shape index (κ1) is 15.0. The fraction of sp³-hybridized carbons (Fsp3) is 0.643. The van der Waals surface area contributed by atoms with Crippen molar-refractivity contribution in [3.8, 4) is 0 Å². The number of likely N-dealkylation sites (tertiary alicyclic amines) is 1. The number of aromatic nitrogens is 1. The quantitative estimate of drug-likeness (QED) is 0.801. The zero-order valence-electron chi connectivity index (χ0n) is 11.9. The summed E-state index contributed by atoms with van der Waals surface area (Å²) in [6, 6.07) is 0. The molecule has 0 unspecified atom stereocenters. The van der Waals surface area contributed by atoms with E-state index in [1.807, 2.05) is 11.8 Å². The van der Waals surface area contributed by atoms with Crippen LogP contribution in [0.5, 0.6) is 0 Å². The van der Waals surface area contributed by atoms with Gasteiger partial charge in [0.15, 0.2) is 0 Å². The van der Waals surface area contributed by atoms with Gasteiger partial charge in [0.2, 0.25) is 5.91 Å². The number of carbonyl (C=O) groups is 2. The molecule has 1 fully saturated rings. The van der Waals surface area contributed by atoms with Gasteiger partial charge in [0.1, 0.15) is 6.10 Å². The van der Waals surface area contributed by atoms with E-state index in [1.54, 1.807) is 12.3 Å². The minimum Gasteiger partial charge on any atom is -0.459 e. The first-order valence-electron chi connectivity index (χ1n) is 7.01. The second-order valence-electron chi connectivity index (χ2n) is 5.05. The number of carbonyl (C=O) groups excluding carboxylic acids is 2. The number of nitrogens with zero attached hydrogens (tertiary/aromatic N) is 2. The van der Waals surface area contributed by atoms with E-state index in [2.05, 4.69) is 4.37 Å². The molecule has 0 aromatic carbocycles. The maximum Gasteiger partial charge on any atom is 0.341 e. The fourth-order valence-corrected chi connectivity index (χ4v) is 2.98. The van der Waals surface area contributed by atoms with Crippen LogP contribution in [0.2, 0.25) is 0 Å².